The van der Waals surface area contributed by atoms with Crippen LogP contribution in [0.3, 0.4) is 0 Å². The number of likely N-dealkylation sites (tertiary alicyclic amines) is 1. The number of halogens is 1. The molecule has 1 fully saturated rings. The van der Waals surface area contributed by atoms with E-state index in [2.05, 4.69) is 5.32 Å². The van der Waals surface area contributed by atoms with Gasteiger partial charge in [0.2, 0.25) is 5.91 Å². The van der Waals surface area contributed by atoms with E-state index in [9.17, 15) is 14.0 Å². The summed E-state index contributed by atoms with van der Waals surface area (Å²) in [5, 5.41) is 11.9. The summed E-state index contributed by atoms with van der Waals surface area (Å²) in [6.07, 6.45) is 0.652. The molecular weight excluding hydrogens is 315 g/mol. The molecule has 1 aromatic carbocycles. The monoisotopic (exact) mass is 338 g/mol. The van der Waals surface area contributed by atoms with Gasteiger partial charge in [0.05, 0.1) is 19.0 Å². The Morgan fingerprint density at radius 3 is 2.71 bits per heavy atom. The summed E-state index contributed by atoms with van der Waals surface area (Å²) in [4.78, 5) is 25.0. The number of carbonyl (C=O) groups is 2. The maximum Gasteiger partial charge on any atom is 0.307 e. The molecule has 0 aromatic heterocycles. The van der Waals surface area contributed by atoms with Crippen molar-refractivity contribution in [2.75, 3.05) is 32.8 Å². The summed E-state index contributed by atoms with van der Waals surface area (Å²) < 4.78 is 18.1. The average molecular weight is 338 g/mol. The van der Waals surface area contributed by atoms with Gasteiger partial charge in [-0.15, -0.1) is 0 Å². The van der Waals surface area contributed by atoms with E-state index in [1.807, 2.05) is 11.8 Å². The van der Waals surface area contributed by atoms with Crippen LogP contribution in [0.5, 0.6) is 5.75 Å². The Kier molecular flexibility index (Phi) is 6.54. The van der Waals surface area contributed by atoms with Crippen molar-refractivity contribution >= 4 is 11.9 Å². The van der Waals surface area contributed by atoms with Gasteiger partial charge in [0.25, 0.3) is 0 Å². The number of carbonyl (C=O) groups excluding carboxylic acids is 1. The van der Waals surface area contributed by atoms with E-state index in [-0.39, 0.29) is 30.8 Å². The van der Waals surface area contributed by atoms with E-state index < -0.39 is 11.9 Å². The molecule has 6 nitrogen and oxygen atoms in total. The smallest absolute Gasteiger partial charge is 0.307 e. The van der Waals surface area contributed by atoms with Crippen LogP contribution in [0.2, 0.25) is 0 Å². The molecule has 7 heteroatoms. The summed E-state index contributed by atoms with van der Waals surface area (Å²) in [6, 6.07) is 5.67. The Bertz CT molecular complexity index is 564. The molecule has 1 aromatic rings. The molecule has 2 unspecified atom stereocenters. The Morgan fingerprint density at radius 2 is 2.04 bits per heavy atom. The molecule has 1 heterocycles. The fourth-order valence-electron chi connectivity index (χ4n) is 2.92. The number of nitrogens with zero attached hydrogens (tertiary/aromatic N) is 1. The van der Waals surface area contributed by atoms with Crippen LogP contribution in [0, 0.1) is 17.7 Å². The third kappa shape index (κ3) is 5.81. The topological polar surface area (TPSA) is 78.9 Å². The van der Waals surface area contributed by atoms with Crippen LogP contribution in [0.25, 0.3) is 0 Å². The van der Waals surface area contributed by atoms with E-state index in [1.165, 1.54) is 24.3 Å². The van der Waals surface area contributed by atoms with E-state index >= 15 is 0 Å². The summed E-state index contributed by atoms with van der Waals surface area (Å²) in [7, 11) is 0. The molecule has 1 aliphatic heterocycles. The first-order chi connectivity index (χ1) is 11.4. The summed E-state index contributed by atoms with van der Waals surface area (Å²) in [5.74, 6) is -0.903. The normalized spacial score (nSPS) is 21.2. The number of ether oxygens (including phenoxy) is 1. The van der Waals surface area contributed by atoms with Crippen LogP contribution in [-0.4, -0.2) is 54.7 Å². The second-order valence-corrected chi connectivity index (χ2v) is 6.22. The molecule has 2 rings (SSSR count). The molecule has 1 saturated heterocycles. The van der Waals surface area contributed by atoms with Gasteiger partial charge in [-0.05, 0) is 36.6 Å². The van der Waals surface area contributed by atoms with Crippen LogP contribution in [-0.2, 0) is 9.59 Å². The van der Waals surface area contributed by atoms with Crippen LogP contribution >= 0.6 is 0 Å². The maximum atomic E-state index is 12.8. The van der Waals surface area contributed by atoms with Gasteiger partial charge in [0.15, 0.2) is 0 Å². The van der Waals surface area contributed by atoms with Gasteiger partial charge in [-0.3, -0.25) is 14.5 Å². The van der Waals surface area contributed by atoms with E-state index in [0.29, 0.717) is 25.3 Å². The third-order valence-electron chi connectivity index (χ3n) is 3.96. The van der Waals surface area contributed by atoms with E-state index in [0.717, 1.165) is 6.54 Å². The second kappa shape index (κ2) is 8.63. The molecule has 1 amide bonds. The van der Waals surface area contributed by atoms with Crippen LogP contribution in [0.15, 0.2) is 24.3 Å². The van der Waals surface area contributed by atoms with Gasteiger partial charge < -0.3 is 15.2 Å². The Morgan fingerprint density at radius 1 is 1.33 bits per heavy atom. The molecule has 2 N–H and O–H groups in total. The zero-order valence-electron chi connectivity index (χ0n) is 13.7. The molecule has 0 saturated carbocycles. The van der Waals surface area contributed by atoms with Crippen molar-refractivity contribution in [2.24, 2.45) is 11.8 Å². The lowest BCUT2D eigenvalue weighted by molar-refractivity contribution is -0.145. The highest BCUT2D eigenvalue weighted by molar-refractivity contribution is 5.78. The predicted molar refractivity (Wildman–Crippen MR) is 86.3 cm³/mol. The Balaban J connectivity index is 1.67. The zero-order valence-corrected chi connectivity index (χ0v) is 13.7. The molecule has 0 bridgehead atoms. The highest BCUT2D eigenvalue weighted by Gasteiger charge is 2.30. The minimum atomic E-state index is -0.806. The molecule has 0 spiro atoms. The molecule has 0 aliphatic carbocycles. The van der Waals surface area contributed by atoms with Crippen molar-refractivity contribution in [3.05, 3.63) is 30.1 Å². The first-order valence-electron chi connectivity index (χ1n) is 8.04. The van der Waals surface area contributed by atoms with Crippen molar-refractivity contribution < 1.29 is 23.8 Å². The molecule has 132 valence electrons. The lowest BCUT2D eigenvalue weighted by Crippen LogP contribution is -2.47. The summed E-state index contributed by atoms with van der Waals surface area (Å²) in [5.41, 5.74) is 0. The van der Waals surface area contributed by atoms with Crippen LogP contribution in [0.1, 0.15) is 13.3 Å². The molecule has 2 atom stereocenters. The number of piperidine rings is 1. The number of amides is 1. The van der Waals surface area contributed by atoms with Crippen molar-refractivity contribution in [1.29, 1.82) is 0 Å². The average Bonchev–Trinajstić information content (AvgIpc) is 2.52. The van der Waals surface area contributed by atoms with Gasteiger partial charge in [0, 0.05) is 13.1 Å². The van der Waals surface area contributed by atoms with Crippen molar-refractivity contribution in [1.82, 2.24) is 10.2 Å². The standard InChI is InChI=1S/C17H23FN2O4/c1-12-8-13(17(22)23)10-20(9-12)11-16(21)19-6-7-24-15-4-2-14(18)3-5-15/h2-5,12-13H,6-11H2,1H3,(H,19,21)(H,22,23). The summed E-state index contributed by atoms with van der Waals surface area (Å²) >= 11 is 0. The number of rotatable bonds is 7. The number of hydrogen-bond donors (Lipinski definition) is 2. The van der Waals surface area contributed by atoms with Crippen LogP contribution in [0.4, 0.5) is 4.39 Å². The SMILES string of the molecule is CC1CC(C(=O)O)CN(CC(=O)NCCOc2ccc(F)cc2)C1. The number of carboxylic acids is 1. The van der Waals surface area contributed by atoms with Crippen molar-refractivity contribution in [2.45, 2.75) is 13.3 Å². The van der Waals surface area contributed by atoms with Gasteiger partial charge in [-0.1, -0.05) is 6.92 Å². The van der Waals surface area contributed by atoms with Crippen LogP contribution < -0.4 is 10.1 Å². The zero-order chi connectivity index (χ0) is 17.5. The number of benzene rings is 1. The number of nitrogens with one attached hydrogen (secondary N) is 1. The Labute approximate surface area is 140 Å². The number of aliphatic carboxylic acids is 1. The molecule has 1 aliphatic rings. The fraction of sp³-hybridized carbons (Fsp3) is 0.529. The quantitative estimate of drug-likeness (QED) is 0.734. The number of carboxylic acid groups (broad SMARTS) is 1. The van der Waals surface area contributed by atoms with Gasteiger partial charge in [-0.2, -0.15) is 0 Å². The largest absolute Gasteiger partial charge is 0.492 e. The fourth-order valence-corrected chi connectivity index (χ4v) is 2.92. The first-order valence-corrected chi connectivity index (χ1v) is 8.04. The van der Waals surface area contributed by atoms with Gasteiger partial charge >= 0.3 is 5.97 Å². The molecule has 24 heavy (non-hydrogen) atoms. The van der Waals surface area contributed by atoms with Crippen molar-refractivity contribution in [3.8, 4) is 5.75 Å². The number of hydrogen-bond acceptors (Lipinski definition) is 4. The minimum Gasteiger partial charge on any atom is -0.492 e. The minimum absolute atomic E-state index is 0.157. The highest BCUT2D eigenvalue weighted by Crippen LogP contribution is 2.21. The third-order valence-corrected chi connectivity index (χ3v) is 3.96. The lowest BCUT2D eigenvalue weighted by atomic mass is 9.90. The highest BCUT2D eigenvalue weighted by atomic mass is 19.1. The first kappa shape index (κ1) is 18.2. The Hall–Kier alpha value is -2.15. The predicted octanol–water partition coefficient (Wildman–Crippen LogP) is 1.36. The van der Waals surface area contributed by atoms with Gasteiger partial charge in [-0.25, -0.2) is 4.39 Å². The maximum absolute atomic E-state index is 12.8. The van der Waals surface area contributed by atoms with E-state index in [1.54, 1.807) is 0 Å². The van der Waals surface area contributed by atoms with E-state index in [4.69, 9.17) is 9.84 Å². The van der Waals surface area contributed by atoms with Gasteiger partial charge in [0.1, 0.15) is 18.2 Å². The van der Waals surface area contributed by atoms with Crippen molar-refractivity contribution in [3.63, 3.8) is 0 Å². The summed E-state index contributed by atoms with van der Waals surface area (Å²) in [6.45, 7) is 3.93. The lowest BCUT2D eigenvalue weighted by Gasteiger charge is -2.34. The second-order valence-electron chi connectivity index (χ2n) is 6.22. The molecular formula is C17H23FN2O4. The molecule has 0 radical (unpaired) electrons.